The van der Waals surface area contributed by atoms with Gasteiger partial charge in [-0.3, -0.25) is 14.9 Å². The number of non-ortho nitro benzene ring substituents is 1. The van der Waals surface area contributed by atoms with Crippen LogP contribution in [0.4, 0.5) is 5.69 Å². The molecule has 1 fully saturated rings. The maximum Gasteiger partial charge on any atom is 0.316 e. The van der Waals surface area contributed by atoms with E-state index in [0.29, 0.717) is 5.56 Å². The van der Waals surface area contributed by atoms with Gasteiger partial charge in [-0.05, 0) is 31.6 Å². The molecule has 9 heteroatoms. The Labute approximate surface area is 138 Å². The zero-order chi connectivity index (χ0) is 17.2. The smallest absolute Gasteiger partial charge is 0.316 e. The zero-order valence-corrected chi connectivity index (χ0v) is 13.4. The third-order valence-corrected chi connectivity index (χ3v) is 3.82. The molecular weight excluding hydrogens is 322 g/mol. The van der Waals surface area contributed by atoms with Crippen LogP contribution >= 0.6 is 12.2 Å². The molecule has 1 saturated heterocycles. The molecule has 124 valence electrons. The van der Waals surface area contributed by atoms with E-state index in [1.54, 1.807) is 6.92 Å². The average molecular weight is 339 g/mol. The molecule has 0 radical (unpaired) electrons. The number of rotatable bonds is 4. The van der Waals surface area contributed by atoms with E-state index < -0.39 is 28.6 Å². The standard InChI is InChI=1S/C14H17N3O5S/c1-3-22-12(18)10-11(15-13(23)16-14(10,2)19)8-4-6-9(7-5-8)17(20)21/h4-7,10-11,19H,3H2,1-2H3,(H2,15,16,23)/t10-,11-,14+/m0/s1. The molecule has 0 amide bonds. The topological polar surface area (TPSA) is 114 Å². The van der Waals surface area contributed by atoms with E-state index in [1.165, 1.54) is 31.2 Å². The Kier molecular flexibility index (Phi) is 4.81. The number of carbonyl (C=O) groups excluding carboxylic acids is 1. The number of nitrogens with one attached hydrogen (secondary N) is 2. The van der Waals surface area contributed by atoms with Gasteiger partial charge in [0, 0.05) is 12.1 Å². The van der Waals surface area contributed by atoms with Crippen LogP contribution in [-0.2, 0) is 9.53 Å². The second kappa shape index (κ2) is 6.47. The third-order valence-electron chi connectivity index (χ3n) is 3.60. The Morgan fingerprint density at radius 2 is 2.09 bits per heavy atom. The summed E-state index contributed by atoms with van der Waals surface area (Å²) in [5.41, 5.74) is -1.09. The van der Waals surface area contributed by atoms with Gasteiger partial charge in [0.15, 0.2) is 5.11 Å². The lowest BCUT2D eigenvalue weighted by molar-refractivity contribution is -0.384. The molecule has 1 aromatic carbocycles. The third kappa shape index (κ3) is 3.57. The number of hydrogen-bond donors (Lipinski definition) is 3. The summed E-state index contributed by atoms with van der Waals surface area (Å²) in [5, 5.41) is 27.0. The molecule has 0 bridgehead atoms. The Bertz CT molecular complexity index is 632. The van der Waals surface area contributed by atoms with Crippen molar-refractivity contribution in [2.75, 3.05) is 6.61 Å². The largest absolute Gasteiger partial charge is 0.466 e. The number of hydrogen-bond acceptors (Lipinski definition) is 6. The number of esters is 1. The predicted octanol–water partition coefficient (Wildman–Crippen LogP) is 1.00. The summed E-state index contributed by atoms with van der Waals surface area (Å²) in [7, 11) is 0. The average Bonchev–Trinajstić information content (AvgIpc) is 2.45. The van der Waals surface area contributed by atoms with Gasteiger partial charge in [0.2, 0.25) is 0 Å². The number of aliphatic hydroxyl groups is 1. The van der Waals surface area contributed by atoms with E-state index in [1.807, 2.05) is 0 Å². The fourth-order valence-electron chi connectivity index (χ4n) is 2.57. The zero-order valence-electron chi connectivity index (χ0n) is 12.6. The monoisotopic (exact) mass is 339 g/mol. The first-order valence-electron chi connectivity index (χ1n) is 6.98. The van der Waals surface area contributed by atoms with Gasteiger partial charge in [-0.2, -0.15) is 0 Å². The highest BCUT2D eigenvalue weighted by Crippen LogP contribution is 2.34. The van der Waals surface area contributed by atoms with E-state index in [-0.39, 0.29) is 17.4 Å². The van der Waals surface area contributed by atoms with Crippen LogP contribution in [0.5, 0.6) is 0 Å². The number of thiocarbonyl (C=S) groups is 1. The molecule has 1 aromatic rings. The van der Waals surface area contributed by atoms with Crippen molar-refractivity contribution in [3.63, 3.8) is 0 Å². The van der Waals surface area contributed by atoms with Crippen LogP contribution in [0.25, 0.3) is 0 Å². The van der Waals surface area contributed by atoms with Crippen molar-refractivity contribution in [1.82, 2.24) is 10.6 Å². The lowest BCUT2D eigenvalue weighted by Crippen LogP contribution is -2.65. The van der Waals surface area contributed by atoms with Crippen LogP contribution in [0, 0.1) is 16.0 Å². The summed E-state index contributed by atoms with van der Waals surface area (Å²) < 4.78 is 5.04. The first-order valence-corrected chi connectivity index (χ1v) is 7.39. The molecule has 1 aliphatic rings. The van der Waals surface area contributed by atoms with Gasteiger partial charge < -0.3 is 20.5 Å². The predicted molar refractivity (Wildman–Crippen MR) is 85.5 cm³/mol. The highest BCUT2D eigenvalue weighted by atomic mass is 32.1. The van der Waals surface area contributed by atoms with Gasteiger partial charge in [-0.25, -0.2) is 0 Å². The maximum atomic E-state index is 12.3. The Hall–Kier alpha value is -2.26. The highest BCUT2D eigenvalue weighted by Gasteiger charge is 2.48. The van der Waals surface area contributed by atoms with Crippen molar-refractivity contribution in [3.8, 4) is 0 Å². The number of nitro groups is 1. The molecule has 3 atom stereocenters. The molecule has 0 aliphatic carbocycles. The normalized spacial score (nSPS) is 26.8. The minimum Gasteiger partial charge on any atom is -0.466 e. The SMILES string of the molecule is CCOC(=O)[C@@H]1[C@H](c2ccc([N+](=O)[O-])cc2)NC(=S)N[C@]1(C)O. The summed E-state index contributed by atoms with van der Waals surface area (Å²) in [6.07, 6.45) is 0. The molecule has 23 heavy (non-hydrogen) atoms. The lowest BCUT2D eigenvalue weighted by Gasteiger charge is -2.43. The van der Waals surface area contributed by atoms with Crippen molar-refractivity contribution in [1.29, 1.82) is 0 Å². The Balaban J connectivity index is 2.40. The number of carbonyl (C=O) groups is 1. The van der Waals surface area contributed by atoms with Gasteiger partial charge in [0.05, 0.1) is 17.6 Å². The maximum absolute atomic E-state index is 12.3. The van der Waals surface area contributed by atoms with Gasteiger partial charge >= 0.3 is 5.97 Å². The van der Waals surface area contributed by atoms with Crippen LogP contribution < -0.4 is 10.6 Å². The van der Waals surface area contributed by atoms with Crippen molar-refractivity contribution in [2.45, 2.75) is 25.6 Å². The van der Waals surface area contributed by atoms with Crippen LogP contribution in [-0.4, -0.2) is 33.4 Å². The summed E-state index contributed by atoms with van der Waals surface area (Å²) in [5.74, 6) is -1.57. The molecule has 8 nitrogen and oxygen atoms in total. The summed E-state index contributed by atoms with van der Waals surface area (Å²) >= 11 is 5.06. The van der Waals surface area contributed by atoms with Crippen molar-refractivity contribution in [2.24, 2.45) is 5.92 Å². The molecule has 1 aliphatic heterocycles. The van der Waals surface area contributed by atoms with E-state index in [0.717, 1.165) is 0 Å². The summed E-state index contributed by atoms with van der Waals surface area (Å²) in [6.45, 7) is 3.27. The Morgan fingerprint density at radius 1 is 1.48 bits per heavy atom. The highest BCUT2D eigenvalue weighted by molar-refractivity contribution is 7.80. The van der Waals surface area contributed by atoms with E-state index in [9.17, 15) is 20.0 Å². The van der Waals surface area contributed by atoms with Crippen molar-refractivity contribution < 1.29 is 19.6 Å². The molecule has 0 saturated carbocycles. The number of ether oxygens (including phenoxy) is 1. The minimum atomic E-state index is -1.61. The fourth-order valence-corrected chi connectivity index (χ4v) is 2.90. The molecular formula is C14H17N3O5S. The first-order chi connectivity index (χ1) is 10.8. The van der Waals surface area contributed by atoms with Crippen molar-refractivity contribution >= 4 is 29.0 Å². The van der Waals surface area contributed by atoms with E-state index in [2.05, 4.69) is 10.6 Å². The van der Waals surface area contributed by atoms with Gasteiger partial charge in [-0.1, -0.05) is 12.1 Å². The second-order valence-electron chi connectivity index (χ2n) is 5.30. The molecule has 0 unspecified atom stereocenters. The summed E-state index contributed by atoms with van der Waals surface area (Å²) in [6, 6.07) is 5.04. The second-order valence-corrected chi connectivity index (χ2v) is 5.71. The summed E-state index contributed by atoms with van der Waals surface area (Å²) in [4.78, 5) is 22.5. The number of nitrogens with zero attached hydrogens (tertiary/aromatic N) is 1. The molecule has 1 heterocycles. The fraction of sp³-hybridized carbons (Fsp3) is 0.429. The van der Waals surface area contributed by atoms with Crippen molar-refractivity contribution in [3.05, 3.63) is 39.9 Å². The molecule has 0 aromatic heterocycles. The van der Waals surface area contributed by atoms with Crippen LogP contribution in [0.3, 0.4) is 0 Å². The van der Waals surface area contributed by atoms with E-state index >= 15 is 0 Å². The number of nitro benzene ring substituents is 1. The first kappa shape index (κ1) is 17.1. The van der Waals surface area contributed by atoms with Crippen LogP contribution in [0.2, 0.25) is 0 Å². The molecule has 0 spiro atoms. The number of benzene rings is 1. The van der Waals surface area contributed by atoms with Gasteiger partial charge in [-0.15, -0.1) is 0 Å². The lowest BCUT2D eigenvalue weighted by atomic mass is 9.83. The molecule has 3 N–H and O–H groups in total. The quantitative estimate of drug-likeness (QED) is 0.322. The van der Waals surface area contributed by atoms with Gasteiger partial charge in [0.25, 0.3) is 5.69 Å². The van der Waals surface area contributed by atoms with Crippen LogP contribution in [0.1, 0.15) is 25.5 Å². The van der Waals surface area contributed by atoms with E-state index in [4.69, 9.17) is 17.0 Å². The molecule has 2 rings (SSSR count). The Morgan fingerprint density at radius 3 is 2.61 bits per heavy atom. The van der Waals surface area contributed by atoms with Gasteiger partial charge in [0.1, 0.15) is 11.6 Å². The minimum absolute atomic E-state index is 0.0651. The van der Waals surface area contributed by atoms with Crippen LogP contribution in [0.15, 0.2) is 24.3 Å².